The van der Waals surface area contributed by atoms with E-state index in [0.29, 0.717) is 0 Å². The highest BCUT2D eigenvalue weighted by Crippen LogP contribution is 2.53. The van der Waals surface area contributed by atoms with Crippen LogP contribution in [0.1, 0.15) is 25.0 Å². The van der Waals surface area contributed by atoms with E-state index in [9.17, 15) is 0 Å². The highest BCUT2D eigenvalue weighted by molar-refractivity contribution is 6.23. The molecule has 0 amide bonds. The lowest BCUT2D eigenvalue weighted by atomic mass is 9.79. The Hall–Kier alpha value is -8.84. The van der Waals surface area contributed by atoms with Crippen LogP contribution in [0.3, 0.4) is 0 Å². The molecule has 14 rings (SSSR count). The topological polar surface area (TPSA) is 0 Å². The van der Waals surface area contributed by atoms with Gasteiger partial charge in [0.25, 0.3) is 0 Å². The van der Waals surface area contributed by atoms with Crippen molar-refractivity contribution < 1.29 is 0 Å². The Morgan fingerprint density at radius 3 is 1.13 bits per heavy atom. The summed E-state index contributed by atoms with van der Waals surface area (Å²) in [6.07, 6.45) is 0. The predicted molar refractivity (Wildman–Crippen MR) is 304 cm³/mol. The molecule has 0 nitrogen and oxygen atoms in total. The van der Waals surface area contributed by atoms with Crippen LogP contribution in [0, 0.1) is 0 Å². The lowest BCUT2D eigenvalue weighted by molar-refractivity contribution is 0.661. The van der Waals surface area contributed by atoms with Gasteiger partial charge in [-0.05, 0) is 191 Å². The number of fused-ring (bicyclic) bond motifs is 8. The summed E-state index contributed by atoms with van der Waals surface area (Å²) in [7, 11) is 0. The Kier molecular flexibility index (Phi) is 9.35. The van der Waals surface area contributed by atoms with Crippen LogP contribution in [0.4, 0.5) is 0 Å². The molecule has 1 aliphatic carbocycles. The predicted octanol–water partition coefficient (Wildman–Crippen LogP) is 19.8. The fourth-order valence-corrected chi connectivity index (χ4v) is 12.0. The maximum Gasteiger partial charge on any atom is 0.0159 e. The molecule has 0 heterocycles. The normalized spacial score (nSPS) is 12.8. The lowest BCUT2D eigenvalue weighted by Gasteiger charge is -2.24. The van der Waals surface area contributed by atoms with E-state index in [0.717, 1.165) is 0 Å². The van der Waals surface area contributed by atoms with Crippen LogP contribution in [0.25, 0.3) is 132 Å². The summed E-state index contributed by atoms with van der Waals surface area (Å²) in [5, 5.41) is 12.4. The molecule has 0 spiro atoms. The Balaban J connectivity index is 1.06. The van der Waals surface area contributed by atoms with Crippen LogP contribution in [0.15, 0.2) is 255 Å². The van der Waals surface area contributed by atoms with E-state index in [2.05, 4.69) is 269 Å². The van der Waals surface area contributed by atoms with Crippen LogP contribution < -0.4 is 0 Å². The average Bonchev–Trinajstić information content (AvgIpc) is 3.66. The van der Waals surface area contributed by atoms with Gasteiger partial charge in [-0.15, -0.1) is 0 Å². The Bertz CT molecular complexity index is 4300. The van der Waals surface area contributed by atoms with Crippen LogP contribution in [0.2, 0.25) is 0 Å². The summed E-state index contributed by atoms with van der Waals surface area (Å²) in [5.74, 6) is 0. The second-order valence-electron chi connectivity index (χ2n) is 20.0. The highest BCUT2D eigenvalue weighted by Gasteiger charge is 2.36. The van der Waals surface area contributed by atoms with Crippen molar-refractivity contribution in [2.75, 3.05) is 0 Å². The van der Waals surface area contributed by atoms with E-state index < -0.39 is 0 Å². The van der Waals surface area contributed by atoms with Crippen LogP contribution in [0.5, 0.6) is 0 Å². The third-order valence-corrected chi connectivity index (χ3v) is 15.6. The fraction of sp³-hybridized carbons (Fsp3) is 0.0423. The van der Waals surface area contributed by atoms with Gasteiger partial charge in [-0.2, -0.15) is 0 Å². The summed E-state index contributed by atoms with van der Waals surface area (Å²) in [6, 6.07) is 95.5. The van der Waals surface area contributed by atoms with E-state index in [-0.39, 0.29) is 5.41 Å². The van der Waals surface area contributed by atoms with Crippen molar-refractivity contribution in [1.82, 2.24) is 0 Å². The van der Waals surface area contributed by atoms with Crippen molar-refractivity contribution >= 4 is 53.9 Å². The molecule has 0 radical (unpaired) electrons. The molecule has 0 aromatic heterocycles. The number of hydrogen-bond donors (Lipinski definition) is 0. The molecule has 13 aromatic carbocycles. The minimum Gasteiger partial charge on any atom is -0.0622 e. The Morgan fingerprint density at radius 1 is 0.211 bits per heavy atom. The molecule has 0 saturated heterocycles. The zero-order chi connectivity index (χ0) is 47.2. The Labute approximate surface area is 414 Å². The van der Waals surface area contributed by atoms with Gasteiger partial charge in [0.2, 0.25) is 0 Å². The second kappa shape index (κ2) is 16.1. The second-order valence-corrected chi connectivity index (χ2v) is 20.0. The van der Waals surface area contributed by atoms with Crippen molar-refractivity contribution in [1.29, 1.82) is 0 Å². The summed E-state index contributed by atoms with van der Waals surface area (Å²) in [5.41, 5.74) is 19.9. The number of rotatable bonds is 6. The first-order valence-corrected chi connectivity index (χ1v) is 24.9. The van der Waals surface area contributed by atoms with Gasteiger partial charge in [-0.1, -0.05) is 220 Å². The number of hydrogen-bond acceptors (Lipinski definition) is 0. The SMILES string of the molecule is CC1(C)c2cc(-c3ccccc3)ccc2-c2ccc(-c3c4ccccc4c(-c4cccc(-c5ccc6ccccc6c5)c4)c4cc(-c5ccc6ccccc6c5)c(-c5ccc6ccccc6c5)cc34)cc21. The van der Waals surface area contributed by atoms with Gasteiger partial charge < -0.3 is 0 Å². The first-order valence-electron chi connectivity index (χ1n) is 24.9. The van der Waals surface area contributed by atoms with E-state index in [4.69, 9.17) is 0 Å². The van der Waals surface area contributed by atoms with Gasteiger partial charge >= 0.3 is 0 Å². The van der Waals surface area contributed by atoms with Gasteiger partial charge in [-0.25, -0.2) is 0 Å². The monoisotopic (exact) mass is 900 g/mol. The molecule has 332 valence electrons. The van der Waals surface area contributed by atoms with Crippen LogP contribution in [-0.2, 0) is 5.41 Å². The van der Waals surface area contributed by atoms with Crippen molar-refractivity contribution in [2.24, 2.45) is 0 Å². The zero-order valence-electron chi connectivity index (χ0n) is 39.7. The molecule has 0 bridgehead atoms. The highest BCUT2D eigenvalue weighted by atomic mass is 14.4. The lowest BCUT2D eigenvalue weighted by Crippen LogP contribution is -2.15. The quantitative estimate of drug-likeness (QED) is 0.146. The molecule has 0 aliphatic heterocycles. The van der Waals surface area contributed by atoms with E-state index in [1.165, 1.54) is 143 Å². The van der Waals surface area contributed by atoms with Crippen molar-refractivity contribution in [3.63, 3.8) is 0 Å². The van der Waals surface area contributed by atoms with Gasteiger partial charge in [0.05, 0.1) is 0 Å². The zero-order valence-corrected chi connectivity index (χ0v) is 39.7. The van der Waals surface area contributed by atoms with Crippen LogP contribution >= 0.6 is 0 Å². The van der Waals surface area contributed by atoms with Crippen molar-refractivity contribution in [3.8, 4) is 77.9 Å². The molecule has 0 heteroatoms. The third kappa shape index (κ3) is 6.74. The molecule has 0 unspecified atom stereocenters. The number of benzene rings is 13. The molecule has 13 aromatic rings. The molecular formula is C71H48. The first-order chi connectivity index (χ1) is 34.9. The Morgan fingerprint density at radius 2 is 0.577 bits per heavy atom. The average molecular weight is 901 g/mol. The summed E-state index contributed by atoms with van der Waals surface area (Å²) < 4.78 is 0. The summed E-state index contributed by atoms with van der Waals surface area (Å²) in [4.78, 5) is 0. The fourth-order valence-electron chi connectivity index (χ4n) is 12.0. The first kappa shape index (κ1) is 41.2. The molecular weight excluding hydrogens is 853 g/mol. The largest absolute Gasteiger partial charge is 0.0622 e. The third-order valence-electron chi connectivity index (χ3n) is 15.6. The van der Waals surface area contributed by atoms with Crippen molar-refractivity contribution in [3.05, 3.63) is 266 Å². The van der Waals surface area contributed by atoms with Gasteiger partial charge in [0, 0.05) is 5.41 Å². The van der Waals surface area contributed by atoms with E-state index in [1.54, 1.807) is 0 Å². The maximum absolute atomic E-state index is 2.53. The van der Waals surface area contributed by atoms with E-state index in [1.807, 2.05) is 0 Å². The molecule has 71 heavy (non-hydrogen) atoms. The summed E-state index contributed by atoms with van der Waals surface area (Å²) in [6.45, 7) is 4.82. The molecule has 0 N–H and O–H groups in total. The van der Waals surface area contributed by atoms with Gasteiger partial charge in [-0.3, -0.25) is 0 Å². The molecule has 0 fully saturated rings. The van der Waals surface area contributed by atoms with Gasteiger partial charge in [0.15, 0.2) is 0 Å². The van der Waals surface area contributed by atoms with Crippen LogP contribution in [-0.4, -0.2) is 0 Å². The smallest absolute Gasteiger partial charge is 0.0159 e. The molecule has 1 aliphatic rings. The molecule has 0 saturated carbocycles. The van der Waals surface area contributed by atoms with Crippen molar-refractivity contribution in [2.45, 2.75) is 19.3 Å². The van der Waals surface area contributed by atoms with E-state index >= 15 is 0 Å². The maximum atomic E-state index is 2.53. The minimum absolute atomic E-state index is 0.209. The van der Waals surface area contributed by atoms with Gasteiger partial charge in [0.1, 0.15) is 0 Å². The minimum atomic E-state index is -0.209. The molecule has 0 atom stereocenters. The summed E-state index contributed by atoms with van der Waals surface area (Å²) >= 11 is 0. The standard InChI is InChI=1S/C71H48/c1-71(2)67-41-54(45-15-4-3-5-16-45)33-35-59(67)60-36-34-58(42-68(60)71)70-62-26-13-12-25-61(62)69(57-24-14-23-52(40-57)53-30-27-46-17-6-9-20-49(46)37-53)65-43-63(55-31-28-47-18-7-10-21-50(47)38-55)64(44-66(65)70)56-32-29-48-19-8-11-22-51(48)39-56/h3-44H,1-2H3.